The van der Waals surface area contributed by atoms with Crippen LogP contribution in [0.3, 0.4) is 0 Å². The van der Waals surface area contributed by atoms with Gasteiger partial charge in [-0.25, -0.2) is 4.99 Å². The molecule has 22 heavy (non-hydrogen) atoms. The Hall–Kier alpha value is -1.87. The van der Waals surface area contributed by atoms with Gasteiger partial charge in [-0.2, -0.15) is 5.26 Å². The topological polar surface area (TPSA) is 80.5 Å². The molecule has 0 aromatic carbocycles. The van der Waals surface area contributed by atoms with Gasteiger partial charge in [0.05, 0.1) is 19.0 Å². The summed E-state index contributed by atoms with van der Waals surface area (Å²) in [5.41, 5.74) is 0. The van der Waals surface area contributed by atoms with Crippen LogP contribution in [0.1, 0.15) is 39.0 Å². The second-order valence-corrected chi connectivity index (χ2v) is 5.89. The summed E-state index contributed by atoms with van der Waals surface area (Å²) < 4.78 is 0. The standard InChI is InChI=1S/C16H25N5O/c1-2-7-18-12-20-14-6-5-13(9-14)19-11-16(22)21-8-3-4-15(21)10-17/h2,7,12-15,19H,3-6,8-9,11H2,1H3,(H,18,20)/b7-2-/t13-,14+,15+/m1/s1. The summed E-state index contributed by atoms with van der Waals surface area (Å²) in [5.74, 6) is 0.0510. The minimum absolute atomic E-state index is 0.0510. The first-order chi connectivity index (χ1) is 10.7. The van der Waals surface area contributed by atoms with Crippen molar-refractivity contribution in [3.63, 3.8) is 0 Å². The fourth-order valence-electron chi connectivity index (χ4n) is 3.13. The Labute approximate surface area is 132 Å². The highest BCUT2D eigenvalue weighted by Crippen LogP contribution is 2.19. The molecule has 1 heterocycles. The highest BCUT2D eigenvalue weighted by molar-refractivity contribution is 5.79. The highest BCUT2D eigenvalue weighted by Gasteiger charge is 2.29. The third-order valence-corrected chi connectivity index (χ3v) is 4.32. The van der Waals surface area contributed by atoms with Gasteiger partial charge < -0.3 is 15.5 Å². The number of nitrogens with zero attached hydrogens (tertiary/aromatic N) is 3. The van der Waals surface area contributed by atoms with E-state index in [0.29, 0.717) is 18.6 Å². The van der Waals surface area contributed by atoms with Crippen molar-refractivity contribution in [1.29, 1.82) is 5.26 Å². The summed E-state index contributed by atoms with van der Waals surface area (Å²) in [6.07, 6.45) is 10.3. The first-order valence-corrected chi connectivity index (χ1v) is 8.06. The minimum Gasteiger partial charge on any atom is -0.373 e. The molecule has 1 saturated heterocycles. The fourth-order valence-corrected chi connectivity index (χ4v) is 3.13. The van der Waals surface area contributed by atoms with Crippen LogP contribution in [0.25, 0.3) is 0 Å². The predicted octanol–water partition coefficient (Wildman–Crippen LogP) is 1.16. The summed E-state index contributed by atoms with van der Waals surface area (Å²) in [6, 6.07) is 2.76. The van der Waals surface area contributed by atoms with Gasteiger partial charge in [0.2, 0.25) is 5.91 Å². The zero-order chi connectivity index (χ0) is 15.8. The van der Waals surface area contributed by atoms with Crippen LogP contribution >= 0.6 is 0 Å². The van der Waals surface area contributed by atoms with E-state index in [4.69, 9.17) is 5.26 Å². The maximum atomic E-state index is 12.2. The Balaban J connectivity index is 1.68. The number of hydrogen-bond acceptors (Lipinski definition) is 4. The predicted molar refractivity (Wildman–Crippen MR) is 86.2 cm³/mol. The lowest BCUT2D eigenvalue weighted by molar-refractivity contribution is -0.130. The van der Waals surface area contributed by atoms with E-state index in [9.17, 15) is 4.79 Å². The van der Waals surface area contributed by atoms with Gasteiger partial charge in [-0.05, 0) is 39.0 Å². The van der Waals surface area contributed by atoms with E-state index < -0.39 is 0 Å². The molecule has 1 aliphatic heterocycles. The van der Waals surface area contributed by atoms with E-state index in [1.165, 1.54) is 0 Å². The van der Waals surface area contributed by atoms with Crippen LogP contribution in [0.4, 0.5) is 0 Å². The number of aliphatic imine (C=N–C) groups is 1. The maximum Gasteiger partial charge on any atom is 0.237 e. The minimum atomic E-state index is -0.227. The van der Waals surface area contributed by atoms with Gasteiger partial charge in [0.25, 0.3) is 0 Å². The van der Waals surface area contributed by atoms with E-state index in [0.717, 1.165) is 38.6 Å². The lowest BCUT2D eigenvalue weighted by atomic mass is 10.2. The van der Waals surface area contributed by atoms with Crippen molar-refractivity contribution < 1.29 is 4.79 Å². The average molecular weight is 303 g/mol. The first kappa shape index (κ1) is 16.5. The maximum absolute atomic E-state index is 12.2. The van der Waals surface area contributed by atoms with Crippen LogP contribution in [0, 0.1) is 11.3 Å². The molecule has 2 N–H and O–H groups in total. The SMILES string of the molecule is C/C=C\N=C/N[C@H]1CC[C@@H](NCC(=O)N2CCC[C@H]2C#N)C1. The lowest BCUT2D eigenvalue weighted by Crippen LogP contribution is -2.43. The number of nitrogens with one attached hydrogen (secondary N) is 2. The van der Waals surface area contributed by atoms with Gasteiger partial charge in [-0.3, -0.25) is 4.79 Å². The van der Waals surface area contributed by atoms with Crippen molar-refractivity contribution >= 4 is 12.2 Å². The normalized spacial score (nSPS) is 28.5. The van der Waals surface area contributed by atoms with E-state index >= 15 is 0 Å². The van der Waals surface area contributed by atoms with E-state index in [2.05, 4.69) is 21.7 Å². The van der Waals surface area contributed by atoms with Crippen molar-refractivity contribution in [2.75, 3.05) is 13.1 Å². The zero-order valence-corrected chi connectivity index (χ0v) is 13.2. The largest absolute Gasteiger partial charge is 0.373 e. The molecule has 2 fully saturated rings. The molecule has 2 rings (SSSR count). The number of carbonyl (C=O) groups is 1. The Bertz CT molecular complexity index is 468. The Kier molecular flexibility index (Phi) is 6.41. The third kappa shape index (κ3) is 4.57. The van der Waals surface area contributed by atoms with Gasteiger partial charge in [0, 0.05) is 24.8 Å². The van der Waals surface area contributed by atoms with Gasteiger partial charge >= 0.3 is 0 Å². The van der Waals surface area contributed by atoms with Crippen LogP contribution in [0.5, 0.6) is 0 Å². The van der Waals surface area contributed by atoms with Gasteiger partial charge in [0.15, 0.2) is 0 Å². The van der Waals surface area contributed by atoms with Gasteiger partial charge in [0.1, 0.15) is 6.04 Å². The highest BCUT2D eigenvalue weighted by atomic mass is 16.2. The van der Waals surface area contributed by atoms with Crippen LogP contribution in [0.2, 0.25) is 0 Å². The molecule has 0 spiro atoms. The van der Waals surface area contributed by atoms with E-state index in [1.54, 1.807) is 17.4 Å². The summed E-state index contributed by atoms with van der Waals surface area (Å²) in [6.45, 7) is 2.98. The second-order valence-electron chi connectivity index (χ2n) is 5.89. The molecule has 6 nitrogen and oxygen atoms in total. The van der Waals surface area contributed by atoms with Crippen molar-refractivity contribution in [2.45, 2.75) is 57.2 Å². The molecule has 2 aliphatic rings. The van der Waals surface area contributed by atoms with Crippen molar-refractivity contribution in [1.82, 2.24) is 15.5 Å². The molecular formula is C16H25N5O. The smallest absolute Gasteiger partial charge is 0.237 e. The molecular weight excluding hydrogens is 278 g/mol. The first-order valence-electron chi connectivity index (χ1n) is 8.06. The van der Waals surface area contributed by atoms with Crippen LogP contribution in [0.15, 0.2) is 17.3 Å². The molecule has 0 bridgehead atoms. The van der Waals surface area contributed by atoms with Crippen LogP contribution in [-0.4, -0.2) is 48.4 Å². The number of allylic oxidation sites excluding steroid dienone is 1. The van der Waals surface area contributed by atoms with Crippen LogP contribution < -0.4 is 10.6 Å². The van der Waals surface area contributed by atoms with Crippen molar-refractivity contribution in [3.8, 4) is 6.07 Å². The summed E-state index contributed by atoms with van der Waals surface area (Å²) >= 11 is 0. The average Bonchev–Trinajstić information content (AvgIpc) is 3.18. The Morgan fingerprint density at radius 3 is 3.00 bits per heavy atom. The van der Waals surface area contributed by atoms with E-state index in [1.807, 2.05) is 13.0 Å². The number of hydrogen-bond donors (Lipinski definition) is 2. The van der Waals surface area contributed by atoms with Gasteiger partial charge in [-0.1, -0.05) is 6.08 Å². The number of amides is 1. The number of nitriles is 1. The van der Waals surface area contributed by atoms with Gasteiger partial charge in [-0.15, -0.1) is 0 Å². The lowest BCUT2D eigenvalue weighted by Gasteiger charge is -2.21. The van der Waals surface area contributed by atoms with E-state index in [-0.39, 0.29) is 11.9 Å². The summed E-state index contributed by atoms with van der Waals surface area (Å²) in [7, 11) is 0. The molecule has 6 heteroatoms. The van der Waals surface area contributed by atoms with Crippen molar-refractivity contribution in [2.24, 2.45) is 4.99 Å². The molecule has 1 saturated carbocycles. The Morgan fingerprint density at radius 1 is 1.41 bits per heavy atom. The third-order valence-electron chi connectivity index (χ3n) is 4.32. The molecule has 0 aromatic rings. The van der Waals surface area contributed by atoms with Crippen molar-refractivity contribution in [3.05, 3.63) is 12.3 Å². The molecule has 0 aromatic heterocycles. The second kappa shape index (κ2) is 8.54. The molecule has 120 valence electrons. The van der Waals surface area contributed by atoms with Crippen LogP contribution in [-0.2, 0) is 4.79 Å². The molecule has 3 atom stereocenters. The molecule has 0 radical (unpaired) electrons. The summed E-state index contributed by atoms with van der Waals surface area (Å²) in [4.78, 5) is 18.0. The Morgan fingerprint density at radius 2 is 2.23 bits per heavy atom. The molecule has 1 amide bonds. The molecule has 0 unspecified atom stereocenters. The number of likely N-dealkylation sites (tertiary alicyclic amines) is 1. The number of carbonyl (C=O) groups excluding carboxylic acids is 1. The number of rotatable bonds is 6. The summed E-state index contributed by atoms with van der Waals surface area (Å²) in [5, 5.41) is 15.7. The monoisotopic (exact) mass is 303 g/mol. The zero-order valence-electron chi connectivity index (χ0n) is 13.2. The molecule has 1 aliphatic carbocycles. The fraction of sp³-hybridized carbons (Fsp3) is 0.688. The quantitative estimate of drug-likeness (QED) is 0.570.